The van der Waals surface area contributed by atoms with E-state index in [0.717, 1.165) is 25.0 Å². The first-order valence-electron chi connectivity index (χ1n) is 11.4. The second-order valence-corrected chi connectivity index (χ2v) is 8.87. The van der Waals surface area contributed by atoms with Crippen molar-refractivity contribution in [3.05, 3.63) is 70.9 Å². The summed E-state index contributed by atoms with van der Waals surface area (Å²) in [5, 5.41) is 5.71. The molecular formula is C25H21F2N5O3. The number of halogens is 2. The van der Waals surface area contributed by atoms with Gasteiger partial charge in [-0.25, -0.2) is 18.7 Å². The van der Waals surface area contributed by atoms with Crippen molar-refractivity contribution >= 4 is 23.3 Å². The maximum Gasteiger partial charge on any atom is 0.257 e. The van der Waals surface area contributed by atoms with Crippen LogP contribution in [0.4, 0.5) is 20.3 Å². The van der Waals surface area contributed by atoms with Gasteiger partial charge in [0.05, 0.1) is 30.0 Å². The van der Waals surface area contributed by atoms with E-state index >= 15 is 0 Å². The molecule has 6 rings (SSSR count). The number of fused-ring (bicyclic) bond motifs is 3. The number of anilines is 2. The number of aromatic nitrogens is 2. The minimum atomic E-state index is -0.799. The van der Waals surface area contributed by atoms with Gasteiger partial charge in [0.25, 0.3) is 11.8 Å². The highest BCUT2D eigenvalue weighted by molar-refractivity contribution is 6.03. The summed E-state index contributed by atoms with van der Waals surface area (Å²) in [5.41, 5.74) is 1.30. The van der Waals surface area contributed by atoms with Crippen LogP contribution in [0.25, 0.3) is 11.4 Å². The largest absolute Gasteiger partial charge is 0.371 e. The van der Waals surface area contributed by atoms with Gasteiger partial charge < -0.3 is 20.3 Å². The lowest BCUT2D eigenvalue weighted by Crippen LogP contribution is -2.45. The van der Waals surface area contributed by atoms with Crippen molar-refractivity contribution in [2.24, 2.45) is 0 Å². The highest BCUT2D eigenvalue weighted by Gasteiger charge is 2.36. The molecule has 35 heavy (non-hydrogen) atoms. The number of hydrogen-bond acceptors (Lipinski definition) is 6. The van der Waals surface area contributed by atoms with E-state index in [0.29, 0.717) is 30.0 Å². The van der Waals surface area contributed by atoms with Crippen LogP contribution in [0, 0.1) is 11.6 Å². The highest BCUT2D eigenvalue weighted by atomic mass is 19.1. The van der Waals surface area contributed by atoms with Gasteiger partial charge in [-0.05, 0) is 49.2 Å². The van der Waals surface area contributed by atoms with Gasteiger partial charge in [-0.1, -0.05) is 6.07 Å². The van der Waals surface area contributed by atoms with Crippen LogP contribution in [0.15, 0.2) is 42.5 Å². The summed E-state index contributed by atoms with van der Waals surface area (Å²) in [4.78, 5) is 35.7. The summed E-state index contributed by atoms with van der Waals surface area (Å²) in [7, 11) is 0. The summed E-state index contributed by atoms with van der Waals surface area (Å²) < 4.78 is 34.6. The molecule has 2 amide bonds. The van der Waals surface area contributed by atoms with E-state index in [4.69, 9.17) is 4.74 Å². The second kappa shape index (κ2) is 8.38. The molecule has 10 heteroatoms. The lowest BCUT2D eigenvalue weighted by atomic mass is 10.1. The zero-order valence-electron chi connectivity index (χ0n) is 18.6. The van der Waals surface area contributed by atoms with Crippen LogP contribution in [-0.2, 0) is 11.3 Å². The third kappa shape index (κ3) is 3.89. The average Bonchev–Trinajstić information content (AvgIpc) is 3.40. The Bertz CT molecular complexity index is 1320. The molecule has 2 bridgehead atoms. The molecule has 3 aliphatic rings. The lowest BCUT2D eigenvalue weighted by molar-refractivity contribution is -0.0303. The van der Waals surface area contributed by atoms with Gasteiger partial charge >= 0.3 is 0 Å². The standard InChI is InChI=1S/C25H21F2N5O3/c26-17-2-1-3-18(27)20(17)22-30-19-10-28-24(33)21(19)23(31-22)29-14-6-4-13(5-7-14)25(34)32-11-15-8-9-16(12-32)35-15/h1-7,15-16H,8-12H2,(H,28,33)(H,29,30,31). The van der Waals surface area contributed by atoms with E-state index in [2.05, 4.69) is 20.6 Å². The Morgan fingerprint density at radius 2 is 1.69 bits per heavy atom. The lowest BCUT2D eigenvalue weighted by Gasteiger charge is -2.32. The molecule has 8 nitrogen and oxygen atoms in total. The monoisotopic (exact) mass is 477 g/mol. The van der Waals surface area contributed by atoms with Crippen LogP contribution in [0.1, 0.15) is 39.3 Å². The third-order valence-electron chi connectivity index (χ3n) is 6.54. The normalized spacial score (nSPS) is 20.5. The molecule has 1 aromatic heterocycles. The maximum absolute atomic E-state index is 14.4. The van der Waals surface area contributed by atoms with Crippen molar-refractivity contribution in [3.8, 4) is 11.4 Å². The molecule has 2 atom stereocenters. The maximum atomic E-state index is 14.4. The van der Waals surface area contributed by atoms with Crippen LogP contribution in [0.5, 0.6) is 0 Å². The van der Waals surface area contributed by atoms with Crippen LogP contribution in [0.2, 0.25) is 0 Å². The number of likely N-dealkylation sites (tertiary alicyclic amines) is 1. The molecule has 2 N–H and O–H groups in total. The SMILES string of the molecule is O=C1NCc2nc(-c3c(F)cccc3F)nc(Nc3ccc(C(=O)N4CC5CCC(C4)O5)cc3)c21. The van der Waals surface area contributed by atoms with Crippen LogP contribution in [0.3, 0.4) is 0 Å². The molecule has 0 spiro atoms. The number of nitrogens with zero attached hydrogens (tertiary/aromatic N) is 3. The summed E-state index contributed by atoms with van der Waals surface area (Å²) in [6.07, 6.45) is 2.18. The minimum Gasteiger partial charge on any atom is -0.371 e. The molecule has 2 unspecified atom stereocenters. The number of benzene rings is 2. The van der Waals surface area contributed by atoms with Crippen molar-refractivity contribution in [1.82, 2.24) is 20.2 Å². The van der Waals surface area contributed by atoms with E-state index in [1.807, 2.05) is 4.90 Å². The van der Waals surface area contributed by atoms with Gasteiger partial charge in [0.15, 0.2) is 5.82 Å². The van der Waals surface area contributed by atoms with E-state index < -0.39 is 11.6 Å². The molecule has 0 radical (unpaired) electrons. The van der Waals surface area contributed by atoms with Gasteiger partial charge in [0.2, 0.25) is 0 Å². The van der Waals surface area contributed by atoms with Crippen molar-refractivity contribution in [1.29, 1.82) is 0 Å². The fourth-order valence-corrected chi connectivity index (χ4v) is 4.84. The van der Waals surface area contributed by atoms with E-state index in [1.165, 1.54) is 6.07 Å². The fourth-order valence-electron chi connectivity index (χ4n) is 4.84. The number of carbonyl (C=O) groups excluding carboxylic acids is 2. The molecule has 0 aliphatic carbocycles. The van der Waals surface area contributed by atoms with E-state index in [1.54, 1.807) is 24.3 Å². The number of ether oxygens (including phenoxy) is 1. The highest BCUT2D eigenvalue weighted by Crippen LogP contribution is 2.31. The molecule has 4 heterocycles. The van der Waals surface area contributed by atoms with Gasteiger partial charge in [0, 0.05) is 24.3 Å². The topological polar surface area (TPSA) is 96.4 Å². The van der Waals surface area contributed by atoms with Crippen molar-refractivity contribution in [2.75, 3.05) is 18.4 Å². The summed E-state index contributed by atoms with van der Waals surface area (Å²) in [6.45, 7) is 1.31. The number of hydrogen-bond donors (Lipinski definition) is 2. The van der Waals surface area contributed by atoms with Gasteiger partial charge in [0.1, 0.15) is 23.0 Å². The van der Waals surface area contributed by atoms with E-state index in [-0.39, 0.29) is 53.3 Å². The Balaban J connectivity index is 1.28. The summed E-state index contributed by atoms with van der Waals surface area (Å²) >= 11 is 0. The average molecular weight is 477 g/mol. The van der Waals surface area contributed by atoms with Gasteiger partial charge in [-0.15, -0.1) is 0 Å². The first-order valence-corrected chi connectivity index (χ1v) is 11.4. The quantitative estimate of drug-likeness (QED) is 0.598. The van der Waals surface area contributed by atoms with Gasteiger partial charge in [-0.2, -0.15) is 0 Å². The van der Waals surface area contributed by atoms with Gasteiger partial charge in [-0.3, -0.25) is 9.59 Å². The van der Waals surface area contributed by atoms with Crippen molar-refractivity contribution in [2.45, 2.75) is 31.6 Å². The van der Waals surface area contributed by atoms with E-state index in [9.17, 15) is 18.4 Å². The smallest absolute Gasteiger partial charge is 0.257 e. The number of rotatable bonds is 4. The first-order chi connectivity index (χ1) is 17.0. The summed E-state index contributed by atoms with van der Waals surface area (Å²) in [6, 6.07) is 10.3. The fraction of sp³-hybridized carbons (Fsp3) is 0.280. The molecule has 2 aromatic carbocycles. The predicted molar refractivity (Wildman–Crippen MR) is 122 cm³/mol. The first kappa shape index (κ1) is 21.6. The number of morpholine rings is 1. The Morgan fingerprint density at radius 3 is 2.37 bits per heavy atom. The Hall–Kier alpha value is -3.92. The molecule has 0 saturated carbocycles. The zero-order chi connectivity index (χ0) is 24.1. The molecular weight excluding hydrogens is 456 g/mol. The van der Waals surface area contributed by atoms with Crippen LogP contribution < -0.4 is 10.6 Å². The van der Waals surface area contributed by atoms with Crippen LogP contribution in [-0.4, -0.2) is 52.0 Å². The van der Waals surface area contributed by atoms with Crippen molar-refractivity contribution in [3.63, 3.8) is 0 Å². The number of nitrogens with one attached hydrogen (secondary N) is 2. The zero-order valence-corrected chi connectivity index (χ0v) is 18.6. The number of amides is 2. The molecule has 2 saturated heterocycles. The summed E-state index contributed by atoms with van der Waals surface area (Å²) in [5.74, 6) is -2.06. The Kier molecular flexibility index (Phi) is 5.18. The van der Waals surface area contributed by atoms with Crippen molar-refractivity contribution < 1.29 is 23.1 Å². The molecule has 2 fully saturated rings. The second-order valence-electron chi connectivity index (χ2n) is 8.87. The third-order valence-corrected chi connectivity index (χ3v) is 6.54. The molecule has 3 aliphatic heterocycles. The minimum absolute atomic E-state index is 0.0589. The molecule has 178 valence electrons. The number of carbonyl (C=O) groups is 2. The predicted octanol–water partition coefficient (Wildman–Crippen LogP) is 3.41. The molecule has 3 aromatic rings. The van der Waals surface area contributed by atoms with Crippen LogP contribution >= 0.6 is 0 Å². The Morgan fingerprint density at radius 1 is 1.00 bits per heavy atom. The Labute approximate surface area is 199 Å².